The van der Waals surface area contributed by atoms with Gasteiger partial charge in [0.2, 0.25) is 0 Å². The van der Waals surface area contributed by atoms with Crippen molar-refractivity contribution in [3.05, 3.63) is 42.0 Å². The Morgan fingerprint density at radius 1 is 1.09 bits per heavy atom. The van der Waals surface area contributed by atoms with E-state index in [4.69, 9.17) is 8.61 Å². The number of rotatable bonds is 14. The van der Waals surface area contributed by atoms with E-state index < -0.39 is 36.6 Å². The van der Waals surface area contributed by atoms with Crippen LogP contribution < -0.4 is 5.32 Å². The fraction of sp³-hybridized carbons (Fsp3) is 0.654. The quantitative estimate of drug-likeness (QED) is 0.132. The van der Waals surface area contributed by atoms with Gasteiger partial charge in [-0.15, -0.1) is 0 Å². The molecule has 34 heavy (non-hydrogen) atoms. The van der Waals surface area contributed by atoms with E-state index in [1.54, 1.807) is 12.1 Å². The van der Waals surface area contributed by atoms with Crippen molar-refractivity contribution in [3.63, 3.8) is 0 Å². The first-order valence-corrected chi connectivity index (χ1v) is 16.9. The second-order valence-corrected chi connectivity index (χ2v) is 17.0. The maximum absolute atomic E-state index is 13.1. The number of carbonyl (C=O) groups excluding carboxylic acids is 1. The molecule has 1 aromatic rings. The molecule has 0 aliphatic carbocycles. The van der Waals surface area contributed by atoms with E-state index in [-0.39, 0.29) is 10.6 Å². The van der Waals surface area contributed by atoms with Gasteiger partial charge in [-0.3, -0.25) is 8.98 Å². The molecule has 0 radical (unpaired) electrons. The minimum Gasteiger partial charge on any atom is -0.411 e. The van der Waals surface area contributed by atoms with E-state index in [2.05, 4.69) is 52.7 Å². The van der Waals surface area contributed by atoms with Crippen LogP contribution in [0, 0.1) is 6.92 Å². The molecular formula is C26H45NO5SSi. The molecule has 0 aromatic heterocycles. The molecule has 0 unspecified atom stereocenters. The van der Waals surface area contributed by atoms with Crippen molar-refractivity contribution in [1.29, 1.82) is 0 Å². The summed E-state index contributed by atoms with van der Waals surface area (Å²) in [6.07, 6.45) is 5.17. The number of anilines is 1. The summed E-state index contributed by atoms with van der Waals surface area (Å²) in [6, 6.07) is 7.37. The highest BCUT2D eigenvalue weighted by Gasteiger charge is 2.42. The lowest BCUT2D eigenvalue weighted by molar-refractivity contribution is -0.114. The first-order chi connectivity index (χ1) is 15.6. The van der Waals surface area contributed by atoms with E-state index >= 15 is 0 Å². The first kappa shape index (κ1) is 30.5. The van der Waals surface area contributed by atoms with Crippen LogP contribution in [0.1, 0.15) is 71.8 Å². The Hall–Kier alpha value is -1.48. The van der Waals surface area contributed by atoms with Crippen molar-refractivity contribution in [1.82, 2.24) is 0 Å². The van der Waals surface area contributed by atoms with Crippen molar-refractivity contribution >= 4 is 30.0 Å². The Bertz CT molecular complexity index is 904. The van der Waals surface area contributed by atoms with Gasteiger partial charge >= 0.3 is 0 Å². The van der Waals surface area contributed by atoms with Gasteiger partial charge in [0.05, 0.1) is 12.4 Å². The van der Waals surface area contributed by atoms with Gasteiger partial charge in [0.1, 0.15) is 6.10 Å². The number of hydrogen-bond donors (Lipinski definition) is 1. The molecule has 0 saturated heterocycles. The van der Waals surface area contributed by atoms with Crippen LogP contribution in [-0.2, 0) is 23.5 Å². The lowest BCUT2D eigenvalue weighted by atomic mass is 9.99. The first-order valence-electron chi connectivity index (χ1n) is 12.2. The number of amides is 1. The summed E-state index contributed by atoms with van der Waals surface area (Å²) >= 11 is 0. The number of nitrogens with one attached hydrogen (secondary N) is 1. The van der Waals surface area contributed by atoms with Gasteiger partial charge in [0.15, 0.2) is 8.32 Å². The molecule has 194 valence electrons. The van der Waals surface area contributed by atoms with Crippen LogP contribution in [0.4, 0.5) is 5.69 Å². The van der Waals surface area contributed by atoms with E-state index in [1.807, 2.05) is 19.1 Å². The topological polar surface area (TPSA) is 81.7 Å². The predicted molar refractivity (Wildman–Crippen MR) is 144 cm³/mol. The summed E-state index contributed by atoms with van der Waals surface area (Å²) in [7, 11) is -6.15. The molecule has 0 aliphatic rings. The van der Waals surface area contributed by atoms with Gasteiger partial charge in [0.25, 0.3) is 16.0 Å². The van der Waals surface area contributed by atoms with Gasteiger partial charge in [-0.2, -0.15) is 8.42 Å². The van der Waals surface area contributed by atoms with Crippen molar-refractivity contribution in [2.45, 2.75) is 103 Å². The third kappa shape index (κ3) is 10.4. The molecule has 0 heterocycles. The zero-order valence-corrected chi connectivity index (χ0v) is 24.2. The molecule has 6 nitrogen and oxygen atoms in total. The Labute approximate surface area is 208 Å². The highest BCUT2D eigenvalue weighted by Crippen LogP contribution is 2.39. The summed E-state index contributed by atoms with van der Waals surface area (Å²) < 4.78 is 36.6. The lowest BCUT2D eigenvalue weighted by Crippen LogP contribution is -2.49. The molecule has 1 N–H and O–H groups in total. The van der Waals surface area contributed by atoms with E-state index in [9.17, 15) is 13.2 Å². The average Bonchev–Trinajstić information content (AvgIpc) is 2.70. The zero-order chi connectivity index (χ0) is 26.2. The third-order valence-electron chi connectivity index (χ3n) is 6.41. The molecule has 1 aromatic carbocycles. The summed E-state index contributed by atoms with van der Waals surface area (Å²) in [5.74, 6) is -0.479. The molecule has 0 saturated carbocycles. The Balaban J connectivity index is 3.22. The van der Waals surface area contributed by atoms with E-state index in [0.29, 0.717) is 12.1 Å². The number of unbranched alkanes of at least 4 members (excludes halogenated alkanes) is 4. The van der Waals surface area contributed by atoms with Crippen LogP contribution in [0.25, 0.3) is 0 Å². The van der Waals surface area contributed by atoms with Crippen molar-refractivity contribution < 1.29 is 21.8 Å². The third-order valence-corrected chi connectivity index (χ3v) is 11.5. The Morgan fingerprint density at radius 3 is 2.15 bits per heavy atom. The molecular weight excluding hydrogens is 466 g/mol. The normalized spacial score (nSPS) is 14.5. The summed E-state index contributed by atoms with van der Waals surface area (Å²) in [4.78, 5) is 13.1. The molecule has 8 heteroatoms. The molecule has 0 fully saturated rings. The van der Waals surface area contributed by atoms with Crippen LogP contribution in [0.5, 0.6) is 0 Å². The molecule has 1 amide bonds. The zero-order valence-electron chi connectivity index (χ0n) is 22.4. The second-order valence-electron chi connectivity index (χ2n) is 10.7. The molecule has 2 atom stereocenters. The van der Waals surface area contributed by atoms with Crippen molar-refractivity contribution in [3.8, 4) is 0 Å². The second kappa shape index (κ2) is 13.0. The average molecular weight is 512 g/mol. The monoisotopic (exact) mass is 511 g/mol. The number of benzene rings is 1. The summed E-state index contributed by atoms with van der Waals surface area (Å²) in [5.41, 5.74) is 1.72. The Morgan fingerprint density at radius 2 is 1.65 bits per heavy atom. The largest absolute Gasteiger partial charge is 0.411 e. The predicted octanol–water partition coefficient (Wildman–Crippen LogP) is 6.59. The van der Waals surface area contributed by atoms with Gasteiger partial charge in [-0.25, -0.2) is 0 Å². The summed E-state index contributed by atoms with van der Waals surface area (Å²) in [6.45, 7) is 18.7. The fourth-order valence-electron chi connectivity index (χ4n) is 3.29. The SMILES string of the molecule is C=C(C(=O)Nc1ccc(C)cc1)[C@@H](OS(C)(=O)=O)[C@@H](CCCCCCC)O[Si](C)(C)C(C)(C)C. The number of aryl methyl sites for hydroxylation is 1. The molecule has 1 rings (SSSR count). The van der Waals surface area contributed by atoms with Crippen LogP contribution in [0.3, 0.4) is 0 Å². The van der Waals surface area contributed by atoms with Crippen LogP contribution >= 0.6 is 0 Å². The summed E-state index contributed by atoms with van der Waals surface area (Å²) in [5, 5.41) is 2.72. The Kier molecular flexibility index (Phi) is 11.7. The number of hydrogen-bond acceptors (Lipinski definition) is 5. The highest BCUT2D eigenvalue weighted by molar-refractivity contribution is 7.86. The van der Waals surface area contributed by atoms with Gasteiger partial charge in [-0.05, 0) is 43.6 Å². The minimum atomic E-state index is -3.86. The molecule has 0 aliphatic heterocycles. The van der Waals surface area contributed by atoms with Crippen LogP contribution in [0.2, 0.25) is 18.1 Å². The maximum Gasteiger partial charge on any atom is 0.265 e. The van der Waals surface area contributed by atoms with E-state index in [0.717, 1.165) is 43.9 Å². The van der Waals surface area contributed by atoms with Gasteiger partial charge < -0.3 is 9.74 Å². The fourth-order valence-corrected chi connectivity index (χ4v) is 5.26. The van der Waals surface area contributed by atoms with Crippen molar-refractivity contribution in [2.75, 3.05) is 11.6 Å². The lowest BCUT2D eigenvalue weighted by Gasteiger charge is -2.41. The molecule has 0 spiro atoms. The van der Waals surface area contributed by atoms with Crippen molar-refractivity contribution in [2.24, 2.45) is 0 Å². The number of carbonyl (C=O) groups is 1. The van der Waals surface area contributed by atoms with Gasteiger partial charge in [-0.1, -0.05) is 84.1 Å². The maximum atomic E-state index is 13.1. The molecule has 0 bridgehead atoms. The van der Waals surface area contributed by atoms with Crippen LogP contribution in [-0.4, -0.2) is 41.1 Å². The smallest absolute Gasteiger partial charge is 0.265 e. The minimum absolute atomic E-state index is 0.0447. The standard InChI is InChI=1S/C26H45NO5SSi/c1-10-11-12-13-14-15-23(32-34(8,9)26(4,5)6)24(31-33(7,29)30)21(3)25(28)27-22-18-16-20(2)17-19-22/h16-19,23-24H,3,10-15H2,1-2,4-9H3,(H,27,28)/t23-,24-/m1/s1. The highest BCUT2D eigenvalue weighted by atomic mass is 32.2. The van der Waals surface area contributed by atoms with E-state index in [1.165, 1.54) is 0 Å². The van der Waals surface area contributed by atoms with Gasteiger partial charge in [0, 0.05) is 11.3 Å². The van der Waals surface area contributed by atoms with Crippen LogP contribution in [0.15, 0.2) is 36.4 Å².